The van der Waals surface area contributed by atoms with E-state index >= 15 is 0 Å². The molecule has 1 amide bonds. The molecule has 0 fully saturated rings. The first-order valence-electron chi connectivity index (χ1n) is 9.18. The molecule has 8 heteroatoms. The largest absolute Gasteiger partial charge is 0.496 e. The van der Waals surface area contributed by atoms with E-state index in [1.807, 2.05) is 30.5 Å². The van der Waals surface area contributed by atoms with Gasteiger partial charge in [0.25, 0.3) is 0 Å². The Morgan fingerprint density at radius 2 is 1.63 bits per heavy atom. The molecule has 3 rings (SSSR count). The molecule has 30 heavy (non-hydrogen) atoms. The summed E-state index contributed by atoms with van der Waals surface area (Å²) in [6.45, 7) is 2.01. The van der Waals surface area contributed by atoms with Crippen LogP contribution < -0.4 is 24.3 Å². The van der Waals surface area contributed by atoms with E-state index in [0.717, 1.165) is 28.1 Å². The number of nitrogens with zero attached hydrogens (tertiary/aromatic N) is 1. The number of ether oxygens (including phenoxy) is 4. The van der Waals surface area contributed by atoms with E-state index in [9.17, 15) is 4.79 Å². The zero-order valence-corrected chi connectivity index (χ0v) is 18.4. The number of carbonyl (C=O) groups excluding carboxylic acids is 1. The number of aryl methyl sites for hydroxylation is 1. The maximum absolute atomic E-state index is 12.6. The lowest BCUT2D eigenvalue weighted by Crippen LogP contribution is -2.14. The fourth-order valence-electron chi connectivity index (χ4n) is 3.06. The minimum atomic E-state index is -0.193. The third kappa shape index (κ3) is 4.65. The van der Waals surface area contributed by atoms with Crippen molar-refractivity contribution >= 4 is 22.4 Å². The van der Waals surface area contributed by atoms with Crippen molar-refractivity contribution in [2.24, 2.45) is 0 Å². The molecule has 2 aromatic carbocycles. The van der Waals surface area contributed by atoms with Crippen molar-refractivity contribution in [2.45, 2.75) is 13.3 Å². The zero-order chi connectivity index (χ0) is 21.7. The number of thiazole rings is 1. The molecule has 0 spiro atoms. The van der Waals surface area contributed by atoms with Crippen LogP contribution in [-0.2, 0) is 11.2 Å². The quantitative estimate of drug-likeness (QED) is 0.575. The maximum atomic E-state index is 12.6. The molecule has 3 aromatic rings. The Hall–Kier alpha value is -3.26. The number of hydrogen-bond donors (Lipinski definition) is 1. The van der Waals surface area contributed by atoms with Crippen LogP contribution in [0.2, 0.25) is 0 Å². The molecule has 0 aliphatic carbocycles. The van der Waals surface area contributed by atoms with Crippen molar-refractivity contribution in [3.8, 4) is 34.3 Å². The second kappa shape index (κ2) is 9.49. The monoisotopic (exact) mass is 428 g/mol. The molecule has 0 atom stereocenters. The molecule has 7 nitrogen and oxygen atoms in total. The van der Waals surface area contributed by atoms with Crippen LogP contribution >= 0.6 is 11.3 Å². The van der Waals surface area contributed by atoms with Gasteiger partial charge in [0.15, 0.2) is 16.6 Å². The fraction of sp³-hybridized carbons (Fsp3) is 0.273. The first kappa shape index (κ1) is 21.4. The van der Waals surface area contributed by atoms with Crippen molar-refractivity contribution in [1.82, 2.24) is 4.98 Å². The molecule has 0 saturated heterocycles. The van der Waals surface area contributed by atoms with Gasteiger partial charge in [0, 0.05) is 10.9 Å². The van der Waals surface area contributed by atoms with E-state index in [1.165, 1.54) is 32.7 Å². The van der Waals surface area contributed by atoms with E-state index < -0.39 is 0 Å². The molecular formula is C22H24N2O5S. The van der Waals surface area contributed by atoms with Crippen LogP contribution in [0.1, 0.15) is 11.1 Å². The fourth-order valence-corrected chi connectivity index (χ4v) is 3.79. The van der Waals surface area contributed by atoms with Crippen molar-refractivity contribution in [3.63, 3.8) is 0 Å². The average molecular weight is 429 g/mol. The van der Waals surface area contributed by atoms with Crippen LogP contribution in [0, 0.1) is 6.92 Å². The van der Waals surface area contributed by atoms with Gasteiger partial charge in [-0.2, -0.15) is 0 Å². The molecule has 0 aliphatic rings. The van der Waals surface area contributed by atoms with Gasteiger partial charge in [-0.05, 0) is 36.8 Å². The van der Waals surface area contributed by atoms with Gasteiger partial charge in [-0.1, -0.05) is 11.6 Å². The van der Waals surface area contributed by atoms with Gasteiger partial charge in [0.2, 0.25) is 11.7 Å². The van der Waals surface area contributed by atoms with Gasteiger partial charge in [-0.25, -0.2) is 4.98 Å². The Morgan fingerprint density at radius 1 is 0.967 bits per heavy atom. The summed E-state index contributed by atoms with van der Waals surface area (Å²) in [5.41, 5.74) is 3.48. The highest BCUT2D eigenvalue weighted by Gasteiger charge is 2.16. The van der Waals surface area contributed by atoms with Gasteiger partial charge in [-0.3, -0.25) is 4.79 Å². The standard InChI is InChI=1S/C22H24N2O5S/c1-13-6-7-17(26-2)15(8-13)16-12-30-22(23-16)24-20(25)11-14-9-18(27-3)21(29-5)19(10-14)28-4/h6-10,12H,11H2,1-5H3,(H,23,24,25). The van der Waals surface area contributed by atoms with Crippen molar-refractivity contribution in [1.29, 1.82) is 0 Å². The number of rotatable bonds is 8. The number of methoxy groups -OCH3 is 4. The number of carbonyl (C=O) groups is 1. The van der Waals surface area contributed by atoms with Crippen LogP contribution in [0.4, 0.5) is 5.13 Å². The van der Waals surface area contributed by atoms with Crippen molar-refractivity contribution in [3.05, 3.63) is 46.8 Å². The van der Waals surface area contributed by atoms with E-state index in [0.29, 0.717) is 22.4 Å². The van der Waals surface area contributed by atoms with Gasteiger partial charge in [-0.15, -0.1) is 11.3 Å². The lowest BCUT2D eigenvalue weighted by molar-refractivity contribution is -0.115. The second-order valence-corrected chi connectivity index (χ2v) is 7.36. The highest BCUT2D eigenvalue weighted by atomic mass is 32.1. The summed E-state index contributed by atoms with van der Waals surface area (Å²) in [4.78, 5) is 17.1. The van der Waals surface area contributed by atoms with Crippen LogP contribution in [-0.4, -0.2) is 39.3 Å². The number of nitrogens with one attached hydrogen (secondary N) is 1. The predicted molar refractivity (Wildman–Crippen MR) is 117 cm³/mol. The van der Waals surface area contributed by atoms with E-state index in [2.05, 4.69) is 10.3 Å². The predicted octanol–water partition coefficient (Wildman–Crippen LogP) is 4.33. The molecule has 0 unspecified atom stereocenters. The van der Waals surface area contributed by atoms with Gasteiger partial charge in [0.05, 0.1) is 40.6 Å². The molecular weight excluding hydrogens is 404 g/mol. The number of anilines is 1. The van der Waals surface area contributed by atoms with Crippen LogP contribution in [0.3, 0.4) is 0 Å². The summed E-state index contributed by atoms with van der Waals surface area (Å²) in [6.07, 6.45) is 0.138. The molecule has 158 valence electrons. The van der Waals surface area contributed by atoms with Crippen LogP contribution in [0.5, 0.6) is 23.0 Å². The normalized spacial score (nSPS) is 10.4. The Balaban J connectivity index is 1.76. The first-order valence-corrected chi connectivity index (χ1v) is 10.1. The summed E-state index contributed by atoms with van der Waals surface area (Å²) in [7, 11) is 6.24. The molecule has 0 aliphatic heterocycles. The van der Waals surface area contributed by atoms with Gasteiger partial charge >= 0.3 is 0 Å². The van der Waals surface area contributed by atoms with Crippen molar-refractivity contribution < 1.29 is 23.7 Å². The van der Waals surface area contributed by atoms with Crippen molar-refractivity contribution in [2.75, 3.05) is 33.8 Å². The maximum Gasteiger partial charge on any atom is 0.230 e. The lowest BCUT2D eigenvalue weighted by Gasteiger charge is -2.13. The minimum absolute atomic E-state index is 0.138. The summed E-state index contributed by atoms with van der Waals surface area (Å²) in [5, 5.41) is 5.27. The molecule has 1 heterocycles. The van der Waals surface area contributed by atoms with E-state index in [1.54, 1.807) is 19.2 Å². The summed E-state index contributed by atoms with van der Waals surface area (Å²) < 4.78 is 21.4. The molecule has 1 aromatic heterocycles. The second-order valence-electron chi connectivity index (χ2n) is 6.50. The number of amides is 1. The smallest absolute Gasteiger partial charge is 0.230 e. The Bertz CT molecular complexity index is 1020. The van der Waals surface area contributed by atoms with Gasteiger partial charge < -0.3 is 24.3 Å². The van der Waals surface area contributed by atoms with Crippen LogP contribution in [0.25, 0.3) is 11.3 Å². The Morgan fingerprint density at radius 3 is 2.23 bits per heavy atom. The summed E-state index contributed by atoms with van der Waals surface area (Å²) >= 11 is 1.36. The van der Waals surface area contributed by atoms with E-state index in [-0.39, 0.29) is 12.3 Å². The molecule has 0 bridgehead atoms. The highest BCUT2D eigenvalue weighted by molar-refractivity contribution is 7.14. The third-order valence-corrected chi connectivity index (χ3v) is 5.23. The summed E-state index contributed by atoms with van der Waals surface area (Å²) in [5.74, 6) is 2.04. The number of hydrogen-bond acceptors (Lipinski definition) is 7. The summed E-state index contributed by atoms with van der Waals surface area (Å²) in [6, 6.07) is 9.41. The third-order valence-electron chi connectivity index (χ3n) is 4.47. The number of benzene rings is 2. The van der Waals surface area contributed by atoms with E-state index in [4.69, 9.17) is 18.9 Å². The van der Waals surface area contributed by atoms with Crippen LogP contribution in [0.15, 0.2) is 35.7 Å². The van der Waals surface area contributed by atoms with Gasteiger partial charge in [0.1, 0.15) is 5.75 Å². The molecule has 0 saturated carbocycles. The molecule has 0 radical (unpaired) electrons. The SMILES string of the molecule is COc1ccc(C)cc1-c1csc(NC(=O)Cc2cc(OC)c(OC)c(OC)c2)n1. The minimum Gasteiger partial charge on any atom is -0.496 e. The zero-order valence-electron chi connectivity index (χ0n) is 17.6. The Kier molecular flexibility index (Phi) is 6.79. The average Bonchev–Trinajstić information content (AvgIpc) is 3.20. The topological polar surface area (TPSA) is 78.9 Å². The first-order chi connectivity index (χ1) is 14.5. The number of aromatic nitrogens is 1. The Labute approximate surface area is 179 Å². The highest BCUT2D eigenvalue weighted by Crippen LogP contribution is 2.38. The lowest BCUT2D eigenvalue weighted by atomic mass is 10.1. The molecule has 1 N–H and O–H groups in total.